The van der Waals surface area contributed by atoms with Gasteiger partial charge in [0.15, 0.2) is 0 Å². The van der Waals surface area contributed by atoms with E-state index in [2.05, 4.69) is 25.7 Å². The summed E-state index contributed by atoms with van der Waals surface area (Å²) in [6.45, 7) is 2.38. The molecule has 0 aliphatic carbocycles. The number of rotatable bonds is 7. The highest BCUT2D eigenvalue weighted by atomic mass is 16.2. The van der Waals surface area contributed by atoms with Crippen LogP contribution in [0.4, 0.5) is 5.82 Å². The molecule has 0 radical (unpaired) electrons. The Balaban J connectivity index is 1.65. The van der Waals surface area contributed by atoms with E-state index in [1.807, 2.05) is 13.0 Å². The molecule has 2 amide bonds. The highest BCUT2D eigenvalue weighted by Crippen LogP contribution is 2.06. The minimum atomic E-state index is -0.230. The number of nitrogens with one attached hydrogen (secondary N) is 2. The predicted molar refractivity (Wildman–Crippen MR) is 84.6 cm³/mol. The lowest BCUT2D eigenvalue weighted by molar-refractivity contribution is -0.124. The Bertz CT molecular complexity index is 682. The van der Waals surface area contributed by atoms with Gasteiger partial charge in [0.25, 0.3) is 0 Å². The van der Waals surface area contributed by atoms with Gasteiger partial charge in [-0.2, -0.15) is 5.10 Å². The zero-order valence-corrected chi connectivity index (χ0v) is 13.2. The van der Waals surface area contributed by atoms with Crippen molar-refractivity contribution in [2.75, 3.05) is 11.9 Å². The Hall–Kier alpha value is -2.77. The minimum Gasteiger partial charge on any atom is -0.356 e. The van der Waals surface area contributed by atoms with Crippen molar-refractivity contribution in [2.45, 2.75) is 26.2 Å². The summed E-state index contributed by atoms with van der Waals surface area (Å²) >= 11 is 0. The highest BCUT2D eigenvalue weighted by Gasteiger charge is 2.08. The van der Waals surface area contributed by atoms with Crippen LogP contribution in [0, 0.1) is 6.92 Å². The lowest BCUT2D eigenvalue weighted by Gasteiger charge is -2.06. The Morgan fingerprint density at radius 2 is 2.00 bits per heavy atom. The molecular formula is C15H20N6O2. The number of anilines is 1. The number of amides is 2. The second-order valence-electron chi connectivity index (χ2n) is 5.17. The zero-order valence-electron chi connectivity index (χ0n) is 13.2. The van der Waals surface area contributed by atoms with Crippen molar-refractivity contribution < 1.29 is 9.59 Å². The molecule has 8 heteroatoms. The summed E-state index contributed by atoms with van der Waals surface area (Å²) < 4.78 is 1.66. The molecule has 0 bridgehead atoms. The van der Waals surface area contributed by atoms with Crippen molar-refractivity contribution >= 4 is 17.6 Å². The van der Waals surface area contributed by atoms with Gasteiger partial charge in [0.1, 0.15) is 18.0 Å². The van der Waals surface area contributed by atoms with Gasteiger partial charge in [-0.25, -0.2) is 9.97 Å². The molecule has 8 nitrogen and oxygen atoms in total. The van der Waals surface area contributed by atoms with Gasteiger partial charge in [-0.05, 0) is 24.6 Å². The first-order chi connectivity index (χ1) is 11.0. The van der Waals surface area contributed by atoms with Gasteiger partial charge >= 0.3 is 0 Å². The van der Waals surface area contributed by atoms with Crippen LogP contribution in [0.25, 0.3) is 0 Å². The first kappa shape index (κ1) is 16.6. The normalized spacial score (nSPS) is 10.3. The number of carbonyl (C=O) groups excluding carboxylic acids is 2. The third-order valence-electron chi connectivity index (χ3n) is 3.24. The second kappa shape index (κ2) is 8.02. The first-order valence-electron chi connectivity index (χ1n) is 7.36. The molecule has 0 unspecified atom stereocenters. The van der Waals surface area contributed by atoms with Crippen LogP contribution < -0.4 is 10.6 Å². The maximum atomic E-state index is 11.8. The van der Waals surface area contributed by atoms with E-state index in [9.17, 15) is 9.59 Å². The third kappa shape index (κ3) is 5.50. The first-order valence-corrected chi connectivity index (χ1v) is 7.36. The van der Waals surface area contributed by atoms with E-state index in [0.29, 0.717) is 18.8 Å². The van der Waals surface area contributed by atoms with Crippen LogP contribution in [0.1, 0.15) is 24.2 Å². The van der Waals surface area contributed by atoms with E-state index in [-0.39, 0.29) is 24.7 Å². The van der Waals surface area contributed by atoms with E-state index >= 15 is 0 Å². The maximum absolute atomic E-state index is 11.8. The number of aromatic nitrogens is 4. The van der Waals surface area contributed by atoms with E-state index < -0.39 is 0 Å². The van der Waals surface area contributed by atoms with E-state index in [4.69, 9.17) is 0 Å². The largest absolute Gasteiger partial charge is 0.356 e. The summed E-state index contributed by atoms with van der Waals surface area (Å²) in [7, 11) is 1.80. The molecule has 0 aromatic carbocycles. The molecule has 0 aliphatic rings. The van der Waals surface area contributed by atoms with Crippen LogP contribution in [-0.4, -0.2) is 38.1 Å². The Labute approximate surface area is 134 Å². The summed E-state index contributed by atoms with van der Waals surface area (Å²) in [6.07, 6.45) is 3.95. The Morgan fingerprint density at radius 1 is 1.22 bits per heavy atom. The fraction of sp³-hybridized carbons (Fsp3) is 0.400. The molecule has 2 aromatic rings. The van der Waals surface area contributed by atoms with E-state index in [1.54, 1.807) is 24.0 Å². The van der Waals surface area contributed by atoms with Crippen molar-refractivity contribution in [3.63, 3.8) is 0 Å². The molecule has 2 heterocycles. The number of hydrogen-bond donors (Lipinski definition) is 2. The van der Waals surface area contributed by atoms with Crippen molar-refractivity contribution in [3.8, 4) is 0 Å². The number of nitrogens with zero attached hydrogens (tertiary/aromatic N) is 4. The topological polar surface area (TPSA) is 102 Å². The number of aryl methyl sites for hydroxylation is 2. The molecule has 0 aliphatic heterocycles. The summed E-state index contributed by atoms with van der Waals surface area (Å²) in [5, 5.41) is 9.39. The molecular weight excluding hydrogens is 296 g/mol. The lowest BCUT2D eigenvalue weighted by Crippen LogP contribution is -2.27. The van der Waals surface area contributed by atoms with Crippen LogP contribution in [0.2, 0.25) is 0 Å². The molecule has 2 N–H and O–H groups in total. The smallest absolute Gasteiger partial charge is 0.226 e. The number of carbonyl (C=O) groups is 2. The van der Waals surface area contributed by atoms with Crippen molar-refractivity contribution in [1.82, 2.24) is 25.1 Å². The summed E-state index contributed by atoms with van der Waals surface area (Å²) in [5.41, 5.74) is 1.01. The fourth-order valence-corrected chi connectivity index (χ4v) is 1.99. The third-order valence-corrected chi connectivity index (χ3v) is 3.24. The van der Waals surface area contributed by atoms with Crippen LogP contribution in [0.15, 0.2) is 24.7 Å². The van der Waals surface area contributed by atoms with Gasteiger partial charge in [0, 0.05) is 39.1 Å². The molecule has 0 fully saturated rings. The molecule has 2 rings (SSSR count). The van der Waals surface area contributed by atoms with Crippen molar-refractivity contribution in [3.05, 3.63) is 36.0 Å². The molecule has 122 valence electrons. The quantitative estimate of drug-likeness (QED) is 0.778. The van der Waals surface area contributed by atoms with E-state index in [1.165, 1.54) is 6.33 Å². The SMILES string of the molecule is Cc1ccnc(NC(=O)CCC(=O)NCCc2ncnn2C)c1. The lowest BCUT2D eigenvalue weighted by atomic mass is 10.2. The monoisotopic (exact) mass is 316 g/mol. The van der Waals surface area contributed by atoms with Crippen LogP contribution in [-0.2, 0) is 23.1 Å². The van der Waals surface area contributed by atoms with Crippen molar-refractivity contribution in [1.29, 1.82) is 0 Å². The molecule has 0 saturated carbocycles. The summed E-state index contributed by atoms with van der Waals surface area (Å²) in [6, 6.07) is 3.62. The Morgan fingerprint density at radius 3 is 2.70 bits per heavy atom. The molecule has 0 spiro atoms. The predicted octanol–water partition coefficient (Wildman–Crippen LogP) is 0.596. The fourth-order valence-electron chi connectivity index (χ4n) is 1.99. The average molecular weight is 316 g/mol. The Kier molecular flexibility index (Phi) is 5.79. The molecule has 0 saturated heterocycles. The van der Waals surface area contributed by atoms with Crippen LogP contribution in [0.3, 0.4) is 0 Å². The molecule has 0 atom stereocenters. The van der Waals surface area contributed by atoms with Gasteiger partial charge < -0.3 is 10.6 Å². The van der Waals surface area contributed by atoms with Gasteiger partial charge in [0.05, 0.1) is 0 Å². The highest BCUT2D eigenvalue weighted by molar-refractivity contribution is 5.92. The molecule has 23 heavy (non-hydrogen) atoms. The van der Waals surface area contributed by atoms with Crippen LogP contribution in [0.5, 0.6) is 0 Å². The summed E-state index contributed by atoms with van der Waals surface area (Å²) in [5.74, 6) is 0.900. The van der Waals surface area contributed by atoms with Gasteiger partial charge in [0.2, 0.25) is 11.8 Å². The molecule has 2 aromatic heterocycles. The van der Waals surface area contributed by atoms with Crippen LogP contribution >= 0.6 is 0 Å². The second-order valence-corrected chi connectivity index (χ2v) is 5.17. The standard InChI is InChI=1S/C15H20N6O2/c1-11-5-7-16-12(9-11)20-15(23)4-3-14(22)17-8-6-13-18-10-19-21(13)2/h5,7,9-10H,3-4,6,8H2,1-2H3,(H,17,22)(H,16,20,23). The average Bonchev–Trinajstić information content (AvgIpc) is 2.91. The minimum absolute atomic E-state index is 0.116. The van der Waals surface area contributed by atoms with Gasteiger partial charge in [-0.3, -0.25) is 14.3 Å². The van der Waals surface area contributed by atoms with Crippen molar-refractivity contribution in [2.24, 2.45) is 7.05 Å². The van der Waals surface area contributed by atoms with Gasteiger partial charge in [-0.1, -0.05) is 0 Å². The number of hydrogen-bond acceptors (Lipinski definition) is 5. The van der Waals surface area contributed by atoms with E-state index in [0.717, 1.165) is 11.4 Å². The van der Waals surface area contributed by atoms with Gasteiger partial charge in [-0.15, -0.1) is 0 Å². The summed E-state index contributed by atoms with van der Waals surface area (Å²) in [4.78, 5) is 31.6. The number of pyridine rings is 1. The zero-order chi connectivity index (χ0) is 16.7. The maximum Gasteiger partial charge on any atom is 0.226 e.